The molecule has 1 unspecified atom stereocenters. The summed E-state index contributed by atoms with van der Waals surface area (Å²) in [6.07, 6.45) is 0.816. The van der Waals surface area contributed by atoms with Crippen molar-refractivity contribution in [2.75, 3.05) is 13.1 Å². The molecule has 1 atom stereocenters. The van der Waals surface area contributed by atoms with E-state index >= 15 is 0 Å². The Morgan fingerprint density at radius 2 is 1.89 bits per heavy atom. The van der Waals surface area contributed by atoms with E-state index in [1.54, 1.807) is 12.1 Å². The molecule has 0 saturated carbocycles. The summed E-state index contributed by atoms with van der Waals surface area (Å²) in [7, 11) is -3.43. The van der Waals surface area contributed by atoms with Crippen LogP contribution in [0.5, 0.6) is 0 Å². The Morgan fingerprint density at radius 3 is 2.37 bits per heavy atom. The van der Waals surface area contributed by atoms with Gasteiger partial charge in [-0.25, -0.2) is 13.1 Å². The molecular formula is C14H22N2O2S. The van der Waals surface area contributed by atoms with Crippen LogP contribution in [0.1, 0.15) is 38.7 Å². The number of sulfonamides is 1. The van der Waals surface area contributed by atoms with Gasteiger partial charge in [-0.1, -0.05) is 26.0 Å². The molecule has 0 amide bonds. The first-order chi connectivity index (χ1) is 8.82. The van der Waals surface area contributed by atoms with E-state index in [0.29, 0.717) is 17.4 Å². The standard InChI is InChI=1S/C14H22N2O2S/c1-11(2)12-4-6-13(7-5-12)19(17,18)16-14(3)8-9-15-10-14/h4-7,11,15-16H,8-10H2,1-3H3. The van der Waals surface area contributed by atoms with Gasteiger partial charge in [0.05, 0.1) is 4.90 Å². The van der Waals surface area contributed by atoms with Gasteiger partial charge < -0.3 is 5.32 Å². The van der Waals surface area contributed by atoms with Crippen LogP contribution in [0.2, 0.25) is 0 Å². The van der Waals surface area contributed by atoms with Gasteiger partial charge in [0.15, 0.2) is 0 Å². The average Bonchev–Trinajstić information content (AvgIpc) is 2.75. The maximum atomic E-state index is 12.3. The molecule has 5 heteroatoms. The van der Waals surface area contributed by atoms with Crippen molar-refractivity contribution in [1.82, 2.24) is 10.0 Å². The molecule has 1 fully saturated rings. The van der Waals surface area contributed by atoms with Crippen molar-refractivity contribution in [3.8, 4) is 0 Å². The Labute approximate surface area is 115 Å². The molecule has 106 valence electrons. The Hall–Kier alpha value is -0.910. The van der Waals surface area contributed by atoms with Crippen LogP contribution in [0.4, 0.5) is 0 Å². The molecule has 0 aromatic heterocycles. The second-order valence-corrected chi connectivity index (χ2v) is 7.50. The molecule has 1 aromatic carbocycles. The minimum atomic E-state index is -3.43. The molecule has 1 heterocycles. The van der Waals surface area contributed by atoms with Crippen molar-refractivity contribution in [3.63, 3.8) is 0 Å². The maximum Gasteiger partial charge on any atom is 0.241 e. The summed E-state index contributed by atoms with van der Waals surface area (Å²) in [4.78, 5) is 0.338. The first kappa shape index (κ1) is 14.5. The molecule has 1 aliphatic heterocycles. The van der Waals surface area contributed by atoms with E-state index in [1.807, 2.05) is 19.1 Å². The second-order valence-electron chi connectivity index (χ2n) is 5.82. The van der Waals surface area contributed by atoms with Crippen LogP contribution in [-0.4, -0.2) is 27.0 Å². The molecule has 0 aliphatic carbocycles. The lowest BCUT2D eigenvalue weighted by Gasteiger charge is -2.24. The number of benzene rings is 1. The van der Waals surface area contributed by atoms with Crippen LogP contribution < -0.4 is 10.0 Å². The van der Waals surface area contributed by atoms with Crippen LogP contribution in [0.15, 0.2) is 29.2 Å². The third kappa shape index (κ3) is 3.35. The van der Waals surface area contributed by atoms with Crippen molar-refractivity contribution in [1.29, 1.82) is 0 Å². The Morgan fingerprint density at radius 1 is 1.26 bits per heavy atom. The van der Waals surface area contributed by atoms with Crippen molar-refractivity contribution < 1.29 is 8.42 Å². The lowest BCUT2D eigenvalue weighted by molar-refractivity contribution is 0.452. The molecule has 19 heavy (non-hydrogen) atoms. The molecule has 1 aromatic rings. The average molecular weight is 282 g/mol. The van der Waals surface area contributed by atoms with E-state index in [0.717, 1.165) is 18.5 Å². The fraction of sp³-hybridized carbons (Fsp3) is 0.571. The fourth-order valence-electron chi connectivity index (χ4n) is 2.32. The van der Waals surface area contributed by atoms with Crippen molar-refractivity contribution in [3.05, 3.63) is 29.8 Å². The van der Waals surface area contributed by atoms with Crippen LogP contribution in [0.25, 0.3) is 0 Å². The maximum absolute atomic E-state index is 12.3. The van der Waals surface area contributed by atoms with Crippen LogP contribution >= 0.6 is 0 Å². The Kier molecular flexibility index (Phi) is 3.99. The molecule has 2 N–H and O–H groups in total. The number of rotatable bonds is 4. The zero-order chi connectivity index (χ0) is 14.1. The zero-order valence-electron chi connectivity index (χ0n) is 11.7. The molecule has 1 aliphatic rings. The van der Waals surface area contributed by atoms with Crippen molar-refractivity contribution in [2.24, 2.45) is 0 Å². The summed E-state index contributed by atoms with van der Waals surface area (Å²) in [5, 5.41) is 3.18. The van der Waals surface area contributed by atoms with Crippen molar-refractivity contribution >= 4 is 10.0 Å². The van der Waals surface area contributed by atoms with Gasteiger partial charge >= 0.3 is 0 Å². The highest BCUT2D eigenvalue weighted by atomic mass is 32.2. The molecule has 0 radical (unpaired) electrons. The van der Waals surface area contributed by atoms with Crippen LogP contribution in [-0.2, 0) is 10.0 Å². The summed E-state index contributed by atoms with van der Waals surface area (Å²) in [6, 6.07) is 7.13. The first-order valence-electron chi connectivity index (χ1n) is 6.67. The summed E-state index contributed by atoms with van der Waals surface area (Å²) >= 11 is 0. The van der Waals surface area contributed by atoms with Gasteiger partial charge in [-0.3, -0.25) is 0 Å². The summed E-state index contributed by atoms with van der Waals surface area (Å²) in [6.45, 7) is 7.65. The highest BCUT2D eigenvalue weighted by Crippen LogP contribution is 2.20. The summed E-state index contributed by atoms with van der Waals surface area (Å²) < 4.78 is 27.5. The third-order valence-electron chi connectivity index (χ3n) is 3.61. The van der Waals surface area contributed by atoms with E-state index in [2.05, 4.69) is 23.9 Å². The van der Waals surface area contributed by atoms with Gasteiger partial charge in [0.2, 0.25) is 10.0 Å². The van der Waals surface area contributed by atoms with Crippen molar-refractivity contribution in [2.45, 2.75) is 43.5 Å². The number of nitrogens with one attached hydrogen (secondary N) is 2. The van der Waals surface area contributed by atoms with Gasteiger partial charge in [0.25, 0.3) is 0 Å². The molecular weight excluding hydrogens is 260 g/mol. The number of hydrogen-bond donors (Lipinski definition) is 2. The topological polar surface area (TPSA) is 58.2 Å². The highest BCUT2D eigenvalue weighted by molar-refractivity contribution is 7.89. The van der Waals surface area contributed by atoms with E-state index < -0.39 is 10.0 Å². The molecule has 0 spiro atoms. The molecule has 4 nitrogen and oxygen atoms in total. The smallest absolute Gasteiger partial charge is 0.241 e. The SMILES string of the molecule is CC(C)c1ccc(S(=O)(=O)NC2(C)CCNC2)cc1. The lowest BCUT2D eigenvalue weighted by atomic mass is 10.0. The predicted octanol–water partition coefficient (Wildman–Crippen LogP) is 1.84. The predicted molar refractivity (Wildman–Crippen MR) is 76.7 cm³/mol. The normalized spacial score (nSPS) is 24.0. The van der Waals surface area contributed by atoms with Crippen LogP contribution in [0, 0.1) is 0 Å². The van der Waals surface area contributed by atoms with Gasteiger partial charge in [0.1, 0.15) is 0 Å². The lowest BCUT2D eigenvalue weighted by Crippen LogP contribution is -2.47. The van der Waals surface area contributed by atoms with Crippen LogP contribution in [0.3, 0.4) is 0 Å². The van der Waals surface area contributed by atoms with Gasteiger partial charge in [-0.2, -0.15) is 0 Å². The number of hydrogen-bond acceptors (Lipinski definition) is 3. The minimum absolute atomic E-state index is 0.338. The quantitative estimate of drug-likeness (QED) is 0.886. The zero-order valence-corrected chi connectivity index (χ0v) is 12.5. The van der Waals surface area contributed by atoms with E-state index in [1.165, 1.54) is 0 Å². The van der Waals surface area contributed by atoms with E-state index in [-0.39, 0.29) is 5.54 Å². The Bertz CT molecular complexity index is 529. The van der Waals surface area contributed by atoms with E-state index in [4.69, 9.17) is 0 Å². The van der Waals surface area contributed by atoms with Gasteiger partial charge in [-0.05, 0) is 43.5 Å². The minimum Gasteiger partial charge on any atom is -0.315 e. The monoisotopic (exact) mass is 282 g/mol. The summed E-state index contributed by atoms with van der Waals surface area (Å²) in [5.74, 6) is 0.404. The largest absolute Gasteiger partial charge is 0.315 e. The Balaban J connectivity index is 2.19. The summed E-state index contributed by atoms with van der Waals surface area (Å²) in [5.41, 5.74) is 0.767. The van der Waals surface area contributed by atoms with E-state index in [9.17, 15) is 8.42 Å². The fourth-order valence-corrected chi connectivity index (χ4v) is 3.75. The molecule has 0 bridgehead atoms. The van der Waals surface area contributed by atoms with Gasteiger partial charge in [-0.15, -0.1) is 0 Å². The second kappa shape index (κ2) is 5.23. The third-order valence-corrected chi connectivity index (χ3v) is 5.26. The molecule has 2 rings (SSSR count). The highest BCUT2D eigenvalue weighted by Gasteiger charge is 2.33. The first-order valence-corrected chi connectivity index (χ1v) is 8.15. The van der Waals surface area contributed by atoms with Gasteiger partial charge in [0, 0.05) is 12.1 Å². The molecule has 1 saturated heterocycles.